The third-order valence-corrected chi connectivity index (χ3v) is 2.49. The lowest BCUT2D eigenvalue weighted by Crippen LogP contribution is -1.93. The molecule has 6 heteroatoms. The largest absolute Gasteiger partial charge is 0.481 e. The molecule has 18 heavy (non-hydrogen) atoms. The summed E-state index contributed by atoms with van der Waals surface area (Å²) in [5, 5.41) is 8.41. The normalized spacial score (nSPS) is 8.50. The molecule has 108 valence electrons. The second-order valence-electron chi connectivity index (χ2n) is 3.97. The monoisotopic (exact) mass is 262 g/mol. The molecule has 0 rings (SSSR count). The van der Waals surface area contributed by atoms with Crippen LogP contribution in [0.2, 0.25) is 0 Å². The van der Waals surface area contributed by atoms with Crippen LogP contribution in [0.25, 0.3) is 0 Å². The third-order valence-electron chi connectivity index (χ3n) is 2.49. The number of hydrogen-bond acceptors (Lipinski definition) is 5. The first-order chi connectivity index (χ1) is 8.77. The van der Waals surface area contributed by atoms with Gasteiger partial charge in [0.15, 0.2) is 0 Å². The Hall–Kier alpha value is -1.33. The van der Waals surface area contributed by atoms with E-state index in [1.807, 2.05) is 0 Å². The van der Waals surface area contributed by atoms with Crippen LogP contribution in [0.4, 0.5) is 0 Å². The minimum Gasteiger partial charge on any atom is -0.481 e. The number of nitrogens with one attached hydrogen (secondary N) is 2. The Morgan fingerprint density at radius 1 is 0.778 bits per heavy atom. The lowest BCUT2D eigenvalue weighted by atomic mass is 10.1. The minimum absolute atomic E-state index is 0.343. The maximum Gasteiger partial charge on any atom is 0.303 e. The minimum atomic E-state index is -0.659. The molecule has 0 aromatic carbocycles. The molecular weight excluding hydrogens is 236 g/mol. The summed E-state index contributed by atoms with van der Waals surface area (Å²) >= 11 is 0. The first-order valence-corrected chi connectivity index (χ1v) is 6.40. The van der Waals surface area contributed by atoms with Crippen molar-refractivity contribution in [2.75, 3.05) is 0 Å². The smallest absolute Gasteiger partial charge is 0.303 e. The van der Waals surface area contributed by atoms with E-state index in [9.17, 15) is 4.79 Å². The van der Waals surface area contributed by atoms with Gasteiger partial charge in [-0.1, -0.05) is 69.5 Å². The van der Waals surface area contributed by atoms with Crippen LogP contribution in [-0.4, -0.2) is 11.1 Å². The molecule has 0 spiro atoms. The predicted molar refractivity (Wildman–Crippen MR) is 71.7 cm³/mol. The van der Waals surface area contributed by atoms with E-state index in [0.29, 0.717) is 6.42 Å². The van der Waals surface area contributed by atoms with Crippen LogP contribution in [0.3, 0.4) is 0 Å². The van der Waals surface area contributed by atoms with Gasteiger partial charge in [-0.05, 0) is 6.42 Å². The molecule has 0 saturated carbocycles. The Balaban J connectivity index is -0.000000506. The summed E-state index contributed by atoms with van der Waals surface area (Å²) in [6.07, 6.45) is 11.5. The zero-order valence-corrected chi connectivity index (χ0v) is 11.2. The average Bonchev–Trinajstić information content (AvgIpc) is 2.41. The van der Waals surface area contributed by atoms with Crippen molar-refractivity contribution in [3.63, 3.8) is 0 Å². The Morgan fingerprint density at radius 3 is 1.44 bits per heavy atom. The highest BCUT2D eigenvalue weighted by atomic mass is 16.4. The first-order valence-electron chi connectivity index (χ1n) is 6.40. The van der Waals surface area contributed by atoms with Gasteiger partial charge in [0.25, 0.3) is 0 Å². The summed E-state index contributed by atoms with van der Waals surface area (Å²) in [6.45, 7) is 2.23. The van der Waals surface area contributed by atoms with Gasteiger partial charge in [-0.3, -0.25) is 4.79 Å². The highest BCUT2D eigenvalue weighted by Gasteiger charge is 1.96. The SMILES string of the molecule is CCCCCCCCCCCC(=O)O.N=O.N=O. The van der Waals surface area contributed by atoms with Crippen molar-refractivity contribution >= 4 is 5.97 Å². The number of unbranched alkanes of at least 4 members (excludes halogenated alkanes) is 8. The van der Waals surface area contributed by atoms with Gasteiger partial charge >= 0.3 is 5.97 Å². The summed E-state index contributed by atoms with van der Waals surface area (Å²) in [5.41, 5.74) is 9.00. The fraction of sp³-hybridized carbons (Fsp3) is 0.917. The van der Waals surface area contributed by atoms with Crippen LogP contribution < -0.4 is 0 Å². The molecule has 0 aromatic heterocycles. The van der Waals surface area contributed by atoms with Crippen LogP contribution in [0.5, 0.6) is 0 Å². The van der Waals surface area contributed by atoms with Crippen molar-refractivity contribution in [3.05, 3.63) is 9.81 Å². The zero-order chi connectivity index (χ0) is 14.6. The van der Waals surface area contributed by atoms with Gasteiger partial charge in [0.05, 0.1) is 0 Å². The van der Waals surface area contributed by atoms with Crippen molar-refractivity contribution in [1.29, 1.82) is 11.2 Å². The molecule has 0 bridgehead atoms. The van der Waals surface area contributed by atoms with E-state index in [0.717, 1.165) is 12.8 Å². The number of hydrogen-bond donors (Lipinski definition) is 3. The molecule has 6 nitrogen and oxygen atoms in total. The van der Waals surface area contributed by atoms with Crippen LogP contribution in [0, 0.1) is 21.0 Å². The van der Waals surface area contributed by atoms with Crippen molar-refractivity contribution in [3.8, 4) is 0 Å². The van der Waals surface area contributed by atoms with E-state index in [-0.39, 0.29) is 0 Å². The van der Waals surface area contributed by atoms with Crippen molar-refractivity contribution in [2.24, 2.45) is 0 Å². The summed E-state index contributed by atoms with van der Waals surface area (Å²) in [6, 6.07) is 0. The molecule has 0 unspecified atom stereocenters. The topological polar surface area (TPSA) is 119 Å². The standard InChI is InChI=1S/C12H24O2.2HNO/c1-2-3-4-5-6-7-8-9-10-11-12(13)14;2*1-2/h2-11H2,1H3,(H,13,14);2*1H. The van der Waals surface area contributed by atoms with E-state index < -0.39 is 5.97 Å². The second kappa shape index (κ2) is 24.8. The summed E-state index contributed by atoms with van der Waals surface area (Å²) in [7, 11) is 0. The molecular formula is C12H26N2O4. The third kappa shape index (κ3) is 29.3. The van der Waals surface area contributed by atoms with E-state index in [1.165, 1.54) is 44.9 Å². The molecule has 0 fully saturated rings. The number of carbonyl (C=O) groups is 1. The highest BCUT2D eigenvalue weighted by Crippen LogP contribution is 2.10. The molecule has 0 aliphatic heterocycles. The van der Waals surface area contributed by atoms with Crippen molar-refractivity contribution < 1.29 is 9.90 Å². The Bertz CT molecular complexity index is 166. The molecule has 0 radical (unpaired) electrons. The van der Waals surface area contributed by atoms with Gasteiger partial charge in [-0.15, -0.1) is 0 Å². The number of carboxylic acids is 1. The maximum atomic E-state index is 10.2. The van der Waals surface area contributed by atoms with E-state index >= 15 is 0 Å². The van der Waals surface area contributed by atoms with Crippen LogP contribution in [0.15, 0.2) is 0 Å². The number of carboxylic acid groups (broad SMARTS) is 1. The van der Waals surface area contributed by atoms with Crippen molar-refractivity contribution in [2.45, 2.75) is 71.1 Å². The molecule has 0 amide bonds. The number of aliphatic carboxylic acids is 1. The Labute approximate surface area is 109 Å². The number of rotatable bonds is 10. The molecule has 0 aliphatic carbocycles. The second-order valence-corrected chi connectivity index (χ2v) is 3.97. The molecule has 3 N–H and O–H groups in total. The lowest BCUT2D eigenvalue weighted by Gasteiger charge is -2.00. The molecule has 0 aliphatic rings. The zero-order valence-electron chi connectivity index (χ0n) is 11.2. The summed E-state index contributed by atoms with van der Waals surface area (Å²) < 4.78 is 0. The Kier molecular flexibility index (Phi) is 30.1. The van der Waals surface area contributed by atoms with E-state index in [4.69, 9.17) is 14.9 Å². The lowest BCUT2D eigenvalue weighted by molar-refractivity contribution is -0.137. The average molecular weight is 262 g/mol. The van der Waals surface area contributed by atoms with Gasteiger partial charge in [0, 0.05) is 6.42 Å². The maximum absolute atomic E-state index is 10.2. The van der Waals surface area contributed by atoms with Gasteiger partial charge in [-0.2, -0.15) is 9.81 Å². The molecule has 0 atom stereocenters. The van der Waals surface area contributed by atoms with Crippen LogP contribution in [0.1, 0.15) is 71.1 Å². The predicted octanol–water partition coefficient (Wildman–Crippen LogP) is 4.66. The van der Waals surface area contributed by atoms with Crippen molar-refractivity contribution in [1.82, 2.24) is 0 Å². The fourth-order valence-corrected chi connectivity index (χ4v) is 1.59. The van der Waals surface area contributed by atoms with E-state index in [1.54, 1.807) is 0 Å². The first kappa shape index (κ1) is 21.9. The number of nitroso groups, excluding NO2 is 2. The molecule has 0 aromatic rings. The molecule has 0 heterocycles. The van der Waals surface area contributed by atoms with Gasteiger partial charge in [-0.25, -0.2) is 0 Å². The van der Waals surface area contributed by atoms with Gasteiger partial charge in [0.2, 0.25) is 0 Å². The van der Waals surface area contributed by atoms with Crippen LogP contribution >= 0.6 is 0 Å². The van der Waals surface area contributed by atoms with Gasteiger partial charge < -0.3 is 5.11 Å². The fourth-order valence-electron chi connectivity index (χ4n) is 1.59. The summed E-state index contributed by atoms with van der Waals surface area (Å²) in [4.78, 5) is 25.2. The highest BCUT2D eigenvalue weighted by molar-refractivity contribution is 5.66. The molecule has 0 saturated heterocycles. The summed E-state index contributed by atoms with van der Waals surface area (Å²) in [5.74, 6) is -0.659. The van der Waals surface area contributed by atoms with E-state index in [2.05, 4.69) is 18.1 Å². The van der Waals surface area contributed by atoms with Gasteiger partial charge in [0.1, 0.15) is 0 Å². The Morgan fingerprint density at radius 2 is 1.11 bits per heavy atom. The van der Waals surface area contributed by atoms with Crippen LogP contribution in [-0.2, 0) is 4.79 Å². The quantitative estimate of drug-likeness (QED) is 0.392.